The fourth-order valence-corrected chi connectivity index (χ4v) is 20.7. The van der Waals surface area contributed by atoms with Crippen LogP contribution in [0, 0.1) is 0 Å². The Hall–Kier alpha value is -2.97. The van der Waals surface area contributed by atoms with Crippen LogP contribution in [0.25, 0.3) is 32.3 Å². The predicted octanol–water partition coefficient (Wildman–Crippen LogP) is 10.6. The van der Waals surface area contributed by atoms with Gasteiger partial charge in [-0.15, -0.1) is 0 Å². The first-order valence-electron chi connectivity index (χ1n) is 20.2. The van der Waals surface area contributed by atoms with E-state index >= 15 is 0 Å². The van der Waals surface area contributed by atoms with Crippen LogP contribution in [0.2, 0.25) is 39.3 Å². The molecule has 6 rings (SSSR count). The second kappa shape index (κ2) is 15.8. The van der Waals surface area contributed by atoms with Gasteiger partial charge in [0.25, 0.3) is 0 Å². The minimum absolute atomic E-state index is 0.0535. The van der Waals surface area contributed by atoms with Gasteiger partial charge < -0.3 is 0 Å². The van der Waals surface area contributed by atoms with Crippen molar-refractivity contribution in [2.24, 2.45) is 0 Å². The van der Waals surface area contributed by atoms with Crippen molar-refractivity contribution in [3.05, 3.63) is 108 Å². The molecule has 0 saturated heterocycles. The first-order valence-corrected chi connectivity index (χ1v) is 33.7. The molecule has 0 unspecified atom stereocenters. The predicted molar refractivity (Wildman–Crippen MR) is 251 cm³/mol. The first-order chi connectivity index (χ1) is 25.6. The van der Waals surface area contributed by atoms with Gasteiger partial charge in [-0.3, -0.25) is 0 Å². The number of rotatable bonds is 9. The Labute approximate surface area is 344 Å². The molecule has 0 amide bonds. The van der Waals surface area contributed by atoms with Gasteiger partial charge in [0, 0.05) is 0 Å². The van der Waals surface area contributed by atoms with E-state index in [0.717, 1.165) is 17.2 Å². The fourth-order valence-electron chi connectivity index (χ4n) is 7.27. The molecule has 0 spiro atoms. The van der Waals surface area contributed by atoms with Crippen molar-refractivity contribution in [2.45, 2.75) is 118 Å². The molecule has 0 heterocycles. The van der Waals surface area contributed by atoms with Crippen LogP contribution in [-0.4, -0.2) is 48.9 Å². The Morgan fingerprint density at radius 1 is 0.364 bits per heavy atom. The molecular weight excluding hydrogens is 918 g/mol. The summed E-state index contributed by atoms with van der Waals surface area (Å²) in [4.78, 5) is 0. The van der Waals surface area contributed by atoms with Crippen LogP contribution in [0.15, 0.2) is 91.0 Å². The van der Waals surface area contributed by atoms with Crippen molar-refractivity contribution >= 4 is 91.0 Å². The van der Waals surface area contributed by atoms with Crippen molar-refractivity contribution in [2.75, 3.05) is 0 Å². The zero-order valence-electron chi connectivity index (χ0n) is 36.1. The van der Waals surface area contributed by atoms with E-state index < -0.39 is 48.9 Å². The molecular formula is C48H63BiO3Si3. The summed E-state index contributed by atoms with van der Waals surface area (Å²) in [6.45, 7) is 34.4. The Balaban J connectivity index is 1.76. The first kappa shape index (κ1) is 41.7. The Kier molecular flexibility index (Phi) is 11.9. The SMILES string of the molecule is C[SiH](C)Oc1[c]([Bi]([c]2ccc3cc(C(C)(C)C)ccc3c2O[SiH](C)C)[c]2ccc3cc(C(C)(C)C)ccc3c2O[SiH](C)C)ccc2cc(C(C)(C)C)ccc12. The van der Waals surface area contributed by atoms with Gasteiger partial charge in [-0.2, -0.15) is 0 Å². The number of hydrogen-bond donors (Lipinski definition) is 0. The zero-order chi connectivity index (χ0) is 40.2. The molecule has 55 heavy (non-hydrogen) atoms. The van der Waals surface area contributed by atoms with E-state index in [4.69, 9.17) is 13.3 Å². The second-order valence-electron chi connectivity index (χ2n) is 19.1. The Morgan fingerprint density at radius 3 is 0.836 bits per heavy atom. The van der Waals surface area contributed by atoms with Crippen LogP contribution in [0.4, 0.5) is 0 Å². The molecule has 0 radical (unpaired) electrons. The Bertz CT molecular complexity index is 2100. The summed E-state index contributed by atoms with van der Waals surface area (Å²) in [6.07, 6.45) is 0. The van der Waals surface area contributed by atoms with Crippen LogP contribution in [0.1, 0.15) is 79.0 Å². The quantitative estimate of drug-likeness (QED) is 0.135. The van der Waals surface area contributed by atoms with Crippen molar-refractivity contribution < 1.29 is 13.3 Å². The van der Waals surface area contributed by atoms with Gasteiger partial charge >= 0.3 is 347 Å². The third-order valence-corrected chi connectivity index (χ3v) is 22.1. The molecule has 3 nitrogen and oxygen atoms in total. The van der Waals surface area contributed by atoms with E-state index in [1.165, 1.54) is 58.8 Å². The molecule has 0 N–H and O–H groups in total. The fraction of sp³-hybridized carbons (Fsp3) is 0.375. The second-order valence-corrected chi connectivity index (χ2v) is 34.4. The van der Waals surface area contributed by atoms with Gasteiger partial charge in [0.15, 0.2) is 0 Å². The van der Waals surface area contributed by atoms with Gasteiger partial charge in [-0.05, 0) is 0 Å². The summed E-state index contributed by atoms with van der Waals surface area (Å²) < 4.78 is 25.5. The molecule has 0 bridgehead atoms. The summed E-state index contributed by atoms with van der Waals surface area (Å²) >= 11 is -3.38. The topological polar surface area (TPSA) is 27.7 Å². The van der Waals surface area contributed by atoms with E-state index in [-0.39, 0.29) is 16.2 Å². The summed E-state index contributed by atoms with van der Waals surface area (Å²) in [5.41, 5.74) is 4.17. The normalized spacial score (nSPS) is 12.9. The monoisotopic (exact) mass is 980 g/mol. The van der Waals surface area contributed by atoms with Crippen LogP contribution >= 0.6 is 0 Å². The van der Waals surface area contributed by atoms with Crippen LogP contribution in [0.5, 0.6) is 17.2 Å². The van der Waals surface area contributed by atoms with Crippen LogP contribution in [-0.2, 0) is 16.2 Å². The van der Waals surface area contributed by atoms with Gasteiger partial charge in [0.05, 0.1) is 0 Å². The molecule has 0 aliphatic rings. The molecule has 7 heteroatoms. The molecule has 0 aliphatic heterocycles. The standard InChI is InChI=1S/3C16H21OSi.Bi/c3*1-16(2,3)13-9-10-14-12(11-13)7-6-8-15(14)17-18(4)5;/h3*6-7,9-11,18H,1-5H3;. The molecule has 0 atom stereocenters. The van der Waals surface area contributed by atoms with Gasteiger partial charge in [0.2, 0.25) is 0 Å². The third-order valence-electron chi connectivity index (χ3n) is 10.2. The van der Waals surface area contributed by atoms with Crippen LogP contribution in [0.3, 0.4) is 0 Å². The average Bonchev–Trinajstić information content (AvgIpc) is 3.08. The van der Waals surface area contributed by atoms with Crippen molar-refractivity contribution in [3.63, 3.8) is 0 Å². The number of hydrogen-bond acceptors (Lipinski definition) is 3. The van der Waals surface area contributed by atoms with E-state index in [2.05, 4.69) is 193 Å². The average molecular weight is 981 g/mol. The summed E-state index contributed by atoms with van der Waals surface area (Å²) in [5, 5.41) is 7.34. The molecule has 290 valence electrons. The number of fused-ring (bicyclic) bond motifs is 3. The molecule has 0 aliphatic carbocycles. The van der Waals surface area contributed by atoms with Crippen molar-refractivity contribution in [1.82, 2.24) is 0 Å². The maximum atomic E-state index is 7.16. The zero-order valence-corrected chi connectivity index (χ0v) is 43.0. The van der Waals surface area contributed by atoms with Gasteiger partial charge in [-0.1, -0.05) is 0 Å². The number of benzene rings is 6. The maximum absolute atomic E-state index is 7.16. The third kappa shape index (κ3) is 8.96. The molecule has 0 aromatic heterocycles. The summed E-state index contributed by atoms with van der Waals surface area (Å²) in [5.74, 6) is 3.22. The van der Waals surface area contributed by atoms with Gasteiger partial charge in [0.1, 0.15) is 0 Å². The summed E-state index contributed by atoms with van der Waals surface area (Å²) in [6, 6.07) is 35.4. The molecule has 0 saturated carbocycles. The van der Waals surface area contributed by atoms with Crippen LogP contribution < -0.4 is 23.1 Å². The molecule has 6 aromatic rings. The minimum atomic E-state index is -3.38. The van der Waals surface area contributed by atoms with Gasteiger partial charge in [-0.25, -0.2) is 0 Å². The van der Waals surface area contributed by atoms with E-state index in [1.807, 2.05) is 0 Å². The van der Waals surface area contributed by atoms with E-state index in [0.29, 0.717) is 0 Å². The van der Waals surface area contributed by atoms with E-state index in [9.17, 15) is 0 Å². The molecule has 6 aromatic carbocycles. The van der Waals surface area contributed by atoms with Crippen molar-refractivity contribution in [3.8, 4) is 17.2 Å². The van der Waals surface area contributed by atoms with E-state index in [1.54, 1.807) is 0 Å². The molecule has 0 fully saturated rings. The summed E-state index contributed by atoms with van der Waals surface area (Å²) in [7, 11) is -4.56. The Morgan fingerprint density at radius 2 is 0.618 bits per heavy atom. The van der Waals surface area contributed by atoms with Crippen molar-refractivity contribution in [1.29, 1.82) is 0 Å².